The number of aliphatic carboxylic acids is 1. The largest absolute Gasteiger partial charge is 0.480 e. The molecule has 1 aliphatic heterocycles. The molecule has 1 amide bonds. The normalized spacial score (nSPS) is 16.9. The van der Waals surface area contributed by atoms with Crippen molar-refractivity contribution in [2.24, 2.45) is 0 Å². The number of hydrogen-bond acceptors (Lipinski definition) is 3. The maximum atomic E-state index is 12.8. The summed E-state index contributed by atoms with van der Waals surface area (Å²) in [5.74, 6) is -1.20. The smallest absolute Gasteiger partial charge is 0.327 e. The van der Waals surface area contributed by atoms with Crippen LogP contribution in [0.5, 0.6) is 0 Å². The predicted molar refractivity (Wildman–Crippen MR) is 82.2 cm³/mol. The topological polar surface area (TPSA) is 57.6 Å². The average molecular weight is 301 g/mol. The van der Waals surface area contributed by atoms with Crippen molar-refractivity contribution < 1.29 is 14.7 Å². The first-order valence-corrected chi connectivity index (χ1v) is 7.52. The summed E-state index contributed by atoms with van der Waals surface area (Å²) in [4.78, 5) is 27.7. The van der Waals surface area contributed by atoms with Crippen molar-refractivity contribution in [3.8, 4) is 0 Å². The van der Waals surface area contributed by atoms with Gasteiger partial charge >= 0.3 is 5.97 Å². The molecule has 1 aliphatic rings. The van der Waals surface area contributed by atoms with Crippen molar-refractivity contribution in [3.63, 3.8) is 0 Å². The molecule has 1 aromatic carbocycles. The molecule has 1 N–H and O–H groups in total. The molecule has 0 fully saturated rings. The highest BCUT2D eigenvalue weighted by Gasteiger charge is 2.39. The molecule has 5 heteroatoms. The fourth-order valence-corrected chi connectivity index (χ4v) is 3.72. The third-order valence-electron chi connectivity index (χ3n) is 3.75. The summed E-state index contributed by atoms with van der Waals surface area (Å²) in [5, 5.41) is 9.43. The van der Waals surface area contributed by atoms with E-state index in [1.807, 2.05) is 44.2 Å². The molecule has 2 aromatic rings. The quantitative estimate of drug-likeness (QED) is 0.927. The van der Waals surface area contributed by atoms with Crippen LogP contribution in [-0.2, 0) is 11.2 Å². The Hall–Kier alpha value is -2.14. The van der Waals surface area contributed by atoms with Gasteiger partial charge in [0.25, 0.3) is 5.91 Å². The Morgan fingerprint density at radius 1 is 1.29 bits per heavy atom. The van der Waals surface area contributed by atoms with Gasteiger partial charge in [-0.25, -0.2) is 4.79 Å². The number of rotatable bonds is 2. The van der Waals surface area contributed by atoms with E-state index in [1.165, 1.54) is 4.90 Å². The van der Waals surface area contributed by atoms with Crippen LogP contribution >= 0.6 is 11.3 Å². The maximum Gasteiger partial charge on any atom is 0.327 e. The van der Waals surface area contributed by atoms with Gasteiger partial charge in [-0.3, -0.25) is 9.69 Å². The van der Waals surface area contributed by atoms with Gasteiger partial charge in [0.1, 0.15) is 6.04 Å². The van der Waals surface area contributed by atoms with E-state index in [1.54, 1.807) is 11.3 Å². The van der Waals surface area contributed by atoms with Crippen molar-refractivity contribution in [2.75, 3.05) is 4.90 Å². The molecule has 21 heavy (non-hydrogen) atoms. The second-order valence-corrected chi connectivity index (χ2v) is 6.65. The Balaban J connectivity index is 2.07. The van der Waals surface area contributed by atoms with E-state index in [2.05, 4.69) is 0 Å². The van der Waals surface area contributed by atoms with Gasteiger partial charge in [-0.15, -0.1) is 11.3 Å². The second-order valence-electron chi connectivity index (χ2n) is 5.19. The van der Waals surface area contributed by atoms with E-state index in [0.29, 0.717) is 17.7 Å². The van der Waals surface area contributed by atoms with E-state index in [9.17, 15) is 14.7 Å². The fourth-order valence-electron chi connectivity index (χ4n) is 2.81. The first-order chi connectivity index (χ1) is 9.99. The Bertz CT molecular complexity index is 735. The molecule has 0 aliphatic carbocycles. The van der Waals surface area contributed by atoms with Crippen LogP contribution < -0.4 is 4.90 Å². The molecule has 0 bridgehead atoms. The number of aryl methyl sites for hydroxylation is 2. The van der Waals surface area contributed by atoms with Crippen LogP contribution in [0.15, 0.2) is 30.3 Å². The second kappa shape index (κ2) is 5.00. The van der Waals surface area contributed by atoms with Crippen molar-refractivity contribution in [2.45, 2.75) is 26.3 Å². The van der Waals surface area contributed by atoms with Gasteiger partial charge in [-0.1, -0.05) is 18.2 Å². The van der Waals surface area contributed by atoms with E-state index < -0.39 is 12.0 Å². The Labute approximate surface area is 126 Å². The van der Waals surface area contributed by atoms with Crippen LogP contribution in [-0.4, -0.2) is 23.0 Å². The van der Waals surface area contributed by atoms with Gasteiger partial charge < -0.3 is 5.11 Å². The lowest BCUT2D eigenvalue weighted by molar-refractivity contribution is -0.138. The predicted octanol–water partition coefficient (Wildman–Crippen LogP) is 3.02. The Morgan fingerprint density at radius 3 is 2.62 bits per heavy atom. The minimum absolute atomic E-state index is 0.228. The molecule has 3 rings (SSSR count). The highest BCUT2D eigenvalue weighted by Crippen LogP contribution is 2.34. The number of carboxylic acids is 1. The number of thiophene rings is 1. The summed E-state index contributed by atoms with van der Waals surface area (Å²) in [7, 11) is 0. The minimum Gasteiger partial charge on any atom is -0.480 e. The first-order valence-electron chi connectivity index (χ1n) is 6.70. The van der Waals surface area contributed by atoms with Gasteiger partial charge in [-0.2, -0.15) is 0 Å². The van der Waals surface area contributed by atoms with Crippen LogP contribution in [0.25, 0.3) is 0 Å². The molecule has 0 radical (unpaired) electrons. The number of amides is 1. The van der Waals surface area contributed by atoms with Crippen molar-refractivity contribution >= 4 is 28.9 Å². The highest BCUT2D eigenvalue weighted by molar-refractivity contribution is 7.12. The zero-order valence-corrected chi connectivity index (χ0v) is 12.6. The molecule has 0 saturated heterocycles. The number of carbonyl (C=O) groups is 2. The maximum absolute atomic E-state index is 12.8. The minimum atomic E-state index is -0.968. The standard InChI is InChI=1S/C16H15NO3S/c1-9-7-12(10(2)21-9)15(18)17-13-6-4-3-5-11(13)8-14(17)16(19)20/h3-7,14H,8H2,1-2H3,(H,19,20)/t14-/m0/s1. The Kier molecular flexibility index (Phi) is 3.29. The summed E-state index contributed by atoms with van der Waals surface area (Å²) in [6.07, 6.45) is 0.361. The number of nitrogens with zero attached hydrogens (tertiary/aromatic N) is 1. The number of anilines is 1. The number of carboxylic acid groups (broad SMARTS) is 1. The molecule has 1 atom stereocenters. The van der Waals surface area contributed by atoms with E-state index in [0.717, 1.165) is 15.3 Å². The van der Waals surface area contributed by atoms with E-state index >= 15 is 0 Å². The van der Waals surface area contributed by atoms with Gasteiger partial charge in [0, 0.05) is 21.9 Å². The molecule has 2 heterocycles. The molecule has 1 aromatic heterocycles. The van der Waals surface area contributed by atoms with Crippen molar-refractivity contribution in [1.82, 2.24) is 0 Å². The molecule has 108 valence electrons. The average Bonchev–Trinajstić information content (AvgIpc) is 2.98. The number of para-hydroxylation sites is 1. The molecule has 0 unspecified atom stereocenters. The number of carbonyl (C=O) groups excluding carboxylic acids is 1. The van der Waals surface area contributed by atoms with Crippen LogP contribution in [0.1, 0.15) is 25.7 Å². The van der Waals surface area contributed by atoms with Gasteiger partial charge in [0.05, 0.1) is 5.56 Å². The van der Waals surface area contributed by atoms with Crippen LogP contribution in [0.4, 0.5) is 5.69 Å². The van der Waals surface area contributed by atoms with Gasteiger partial charge in [0.15, 0.2) is 0 Å². The number of benzene rings is 1. The van der Waals surface area contributed by atoms with Crippen LogP contribution in [0.2, 0.25) is 0 Å². The van der Waals surface area contributed by atoms with Gasteiger partial charge in [-0.05, 0) is 31.5 Å². The fraction of sp³-hybridized carbons (Fsp3) is 0.250. The molecule has 0 spiro atoms. The number of fused-ring (bicyclic) bond motifs is 1. The Morgan fingerprint density at radius 2 is 2.00 bits per heavy atom. The lowest BCUT2D eigenvalue weighted by Gasteiger charge is -2.22. The number of hydrogen-bond donors (Lipinski definition) is 1. The summed E-state index contributed by atoms with van der Waals surface area (Å²) in [6.45, 7) is 3.84. The molecular formula is C16H15NO3S. The zero-order chi connectivity index (χ0) is 15.1. The van der Waals surface area contributed by atoms with Crippen molar-refractivity contribution in [1.29, 1.82) is 0 Å². The molecule has 4 nitrogen and oxygen atoms in total. The van der Waals surface area contributed by atoms with E-state index in [4.69, 9.17) is 0 Å². The molecular weight excluding hydrogens is 286 g/mol. The third kappa shape index (κ3) is 2.23. The first kappa shape index (κ1) is 13.8. The van der Waals surface area contributed by atoms with E-state index in [-0.39, 0.29) is 5.91 Å². The molecule has 0 saturated carbocycles. The lowest BCUT2D eigenvalue weighted by Crippen LogP contribution is -2.42. The summed E-state index contributed by atoms with van der Waals surface area (Å²) in [6, 6.07) is 8.40. The SMILES string of the molecule is Cc1cc(C(=O)N2c3ccccc3C[C@H]2C(=O)O)c(C)s1. The summed E-state index contributed by atoms with van der Waals surface area (Å²) in [5.41, 5.74) is 2.21. The van der Waals surface area contributed by atoms with Crippen molar-refractivity contribution in [3.05, 3.63) is 51.2 Å². The highest BCUT2D eigenvalue weighted by atomic mass is 32.1. The van der Waals surface area contributed by atoms with Crippen LogP contribution in [0.3, 0.4) is 0 Å². The third-order valence-corrected chi connectivity index (χ3v) is 4.72. The monoisotopic (exact) mass is 301 g/mol. The lowest BCUT2D eigenvalue weighted by atomic mass is 10.1. The summed E-state index contributed by atoms with van der Waals surface area (Å²) >= 11 is 1.55. The zero-order valence-electron chi connectivity index (χ0n) is 11.8. The van der Waals surface area contributed by atoms with Gasteiger partial charge in [0.2, 0.25) is 0 Å². The summed E-state index contributed by atoms with van der Waals surface area (Å²) < 4.78 is 0. The van der Waals surface area contributed by atoms with Crippen LogP contribution in [0, 0.1) is 13.8 Å².